The van der Waals surface area contributed by atoms with Gasteiger partial charge in [-0.2, -0.15) is 0 Å². The van der Waals surface area contributed by atoms with E-state index in [-0.39, 0.29) is 17.5 Å². The van der Waals surface area contributed by atoms with E-state index in [2.05, 4.69) is 52.0 Å². The van der Waals surface area contributed by atoms with Crippen molar-refractivity contribution in [1.82, 2.24) is 9.55 Å². The van der Waals surface area contributed by atoms with E-state index in [1.165, 1.54) is 10.1 Å². The highest BCUT2D eigenvalue weighted by Gasteiger charge is 2.21. The van der Waals surface area contributed by atoms with Gasteiger partial charge in [-0.3, -0.25) is 9.36 Å². The average Bonchev–Trinajstić information content (AvgIpc) is 3.02. The van der Waals surface area contributed by atoms with E-state index < -0.39 is 6.67 Å². The highest BCUT2D eigenvalue weighted by Crippen LogP contribution is 2.37. The summed E-state index contributed by atoms with van der Waals surface area (Å²) in [5.74, 6) is 0.656. The zero-order valence-electron chi connectivity index (χ0n) is 16.7. The SMILES string of the molecule is CCc1sc2nc(CC)n(CCF)c(=O)c2c1-c1ccc(C(C)(C)C)cc1. The number of halogens is 1. The maximum atomic E-state index is 13.2. The predicted molar refractivity (Wildman–Crippen MR) is 113 cm³/mol. The largest absolute Gasteiger partial charge is 0.293 e. The number of nitrogens with zero attached hydrogens (tertiary/aromatic N) is 2. The predicted octanol–water partition coefficient (Wildman–Crippen LogP) is 5.52. The molecule has 2 heterocycles. The summed E-state index contributed by atoms with van der Waals surface area (Å²) < 4.78 is 14.5. The Bertz CT molecular complexity index is 1010. The lowest BCUT2D eigenvalue weighted by atomic mass is 9.86. The fourth-order valence-corrected chi connectivity index (χ4v) is 4.59. The molecule has 0 bridgehead atoms. The van der Waals surface area contributed by atoms with Crippen LogP contribution in [0.2, 0.25) is 0 Å². The first-order valence-corrected chi connectivity index (χ1v) is 10.3. The highest BCUT2D eigenvalue weighted by atomic mass is 32.1. The molecule has 0 spiro atoms. The van der Waals surface area contributed by atoms with E-state index in [0.29, 0.717) is 17.6 Å². The van der Waals surface area contributed by atoms with Gasteiger partial charge in [0.05, 0.1) is 11.9 Å². The number of hydrogen-bond donors (Lipinski definition) is 0. The number of alkyl halides is 1. The second-order valence-corrected chi connectivity index (χ2v) is 8.87. The first-order chi connectivity index (χ1) is 12.8. The minimum Gasteiger partial charge on any atom is -0.293 e. The lowest BCUT2D eigenvalue weighted by Crippen LogP contribution is -2.25. The Morgan fingerprint density at radius 1 is 1.11 bits per heavy atom. The number of fused-ring (bicyclic) bond motifs is 1. The van der Waals surface area contributed by atoms with Gasteiger partial charge < -0.3 is 0 Å². The summed E-state index contributed by atoms with van der Waals surface area (Å²) in [5, 5.41) is 0.631. The summed E-state index contributed by atoms with van der Waals surface area (Å²) >= 11 is 1.58. The third-order valence-electron chi connectivity index (χ3n) is 4.95. The second kappa shape index (κ2) is 7.55. The number of thiophene rings is 1. The van der Waals surface area contributed by atoms with Crippen molar-refractivity contribution in [1.29, 1.82) is 0 Å². The normalized spacial score (nSPS) is 12.1. The molecule has 0 unspecified atom stereocenters. The lowest BCUT2D eigenvalue weighted by Gasteiger charge is -2.19. The average molecular weight is 387 g/mol. The quantitative estimate of drug-likeness (QED) is 0.579. The molecule has 0 saturated carbocycles. The summed E-state index contributed by atoms with van der Waals surface area (Å²) in [6.45, 7) is 10.1. The van der Waals surface area contributed by atoms with Crippen LogP contribution in [0.5, 0.6) is 0 Å². The first-order valence-electron chi connectivity index (χ1n) is 9.53. The van der Waals surface area contributed by atoms with Crippen molar-refractivity contribution >= 4 is 21.6 Å². The van der Waals surface area contributed by atoms with Crippen LogP contribution in [-0.2, 0) is 24.8 Å². The van der Waals surface area contributed by atoms with Gasteiger partial charge in [0.25, 0.3) is 5.56 Å². The summed E-state index contributed by atoms with van der Waals surface area (Å²) in [6, 6.07) is 8.44. The number of aromatic nitrogens is 2. The Balaban J connectivity index is 2.28. The third kappa shape index (κ3) is 3.57. The van der Waals surface area contributed by atoms with Gasteiger partial charge in [-0.1, -0.05) is 58.9 Å². The minimum absolute atomic E-state index is 0.0602. The second-order valence-electron chi connectivity index (χ2n) is 7.79. The van der Waals surface area contributed by atoms with Gasteiger partial charge in [-0.05, 0) is 23.0 Å². The van der Waals surface area contributed by atoms with Gasteiger partial charge in [0.2, 0.25) is 0 Å². The zero-order valence-corrected chi connectivity index (χ0v) is 17.5. The molecule has 144 valence electrons. The van der Waals surface area contributed by atoms with Crippen LogP contribution in [0.4, 0.5) is 4.39 Å². The first kappa shape index (κ1) is 19.7. The maximum absolute atomic E-state index is 13.2. The van der Waals surface area contributed by atoms with Crippen molar-refractivity contribution in [2.24, 2.45) is 0 Å². The van der Waals surface area contributed by atoms with Gasteiger partial charge in [-0.15, -0.1) is 11.3 Å². The Labute approximate surface area is 163 Å². The Hall–Kier alpha value is -2.01. The van der Waals surface area contributed by atoms with Gasteiger partial charge >= 0.3 is 0 Å². The molecule has 3 rings (SSSR count). The molecule has 0 radical (unpaired) electrons. The molecule has 0 amide bonds. The third-order valence-corrected chi connectivity index (χ3v) is 6.18. The molecule has 2 aromatic heterocycles. The van der Waals surface area contributed by atoms with Crippen molar-refractivity contribution in [3.05, 3.63) is 50.9 Å². The van der Waals surface area contributed by atoms with Crippen LogP contribution < -0.4 is 5.56 Å². The summed E-state index contributed by atoms with van der Waals surface area (Å²) in [5.41, 5.74) is 3.20. The number of benzene rings is 1. The molecule has 0 aliphatic heterocycles. The van der Waals surface area contributed by atoms with Crippen molar-refractivity contribution in [2.75, 3.05) is 6.67 Å². The van der Waals surface area contributed by atoms with Crippen molar-refractivity contribution in [3.8, 4) is 11.1 Å². The van der Waals surface area contributed by atoms with Crippen molar-refractivity contribution < 1.29 is 4.39 Å². The van der Waals surface area contributed by atoms with E-state index in [4.69, 9.17) is 4.98 Å². The smallest absolute Gasteiger partial charge is 0.263 e. The summed E-state index contributed by atoms with van der Waals surface area (Å²) in [4.78, 5) is 19.8. The molecule has 0 atom stereocenters. The van der Waals surface area contributed by atoms with Gasteiger partial charge in [-0.25, -0.2) is 9.37 Å². The van der Waals surface area contributed by atoms with Crippen LogP contribution in [-0.4, -0.2) is 16.2 Å². The van der Waals surface area contributed by atoms with E-state index in [0.717, 1.165) is 27.3 Å². The zero-order chi connectivity index (χ0) is 19.8. The molecule has 0 fully saturated rings. The number of aryl methyl sites for hydroxylation is 2. The van der Waals surface area contributed by atoms with Crippen LogP contribution in [0, 0.1) is 0 Å². The fraction of sp³-hybridized carbons (Fsp3) is 0.455. The van der Waals surface area contributed by atoms with Crippen LogP contribution >= 0.6 is 11.3 Å². The number of hydrogen-bond acceptors (Lipinski definition) is 3. The van der Waals surface area contributed by atoms with Crippen LogP contribution in [0.1, 0.15) is 50.9 Å². The van der Waals surface area contributed by atoms with E-state index in [9.17, 15) is 9.18 Å². The molecule has 0 aliphatic rings. The molecular formula is C22H27FN2OS. The minimum atomic E-state index is -0.569. The highest BCUT2D eigenvalue weighted by molar-refractivity contribution is 7.19. The van der Waals surface area contributed by atoms with Crippen LogP contribution in [0.15, 0.2) is 29.1 Å². The van der Waals surface area contributed by atoms with Crippen molar-refractivity contribution in [3.63, 3.8) is 0 Å². The Kier molecular flexibility index (Phi) is 5.52. The number of rotatable bonds is 5. The van der Waals surface area contributed by atoms with E-state index >= 15 is 0 Å². The molecule has 3 aromatic rings. The molecule has 1 aromatic carbocycles. The molecule has 5 heteroatoms. The van der Waals surface area contributed by atoms with Crippen LogP contribution in [0.3, 0.4) is 0 Å². The lowest BCUT2D eigenvalue weighted by molar-refractivity contribution is 0.432. The Morgan fingerprint density at radius 3 is 2.30 bits per heavy atom. The van der Waals surface area contributed by atoms with Gasteiger partial charge in [0.15, 0.2) is 0 Å². The van der Waals surface area contributed by atoms with E-state index in [1.54, 1.807) is 11.3 Å². The molecule has 0 saturated heterocycles. The maximum Gasteiger partial charge on any atom is 0.263 e. The molecule has 27 heavy (non-hydrogen) atoms. The fourth-order valence-electron chi connectivity index (χ4n) is 3.45. The van der Waals surface area contributed by atoms with Crippen molar-refractivity contribution in [2.45, 2.75) is 59.4 Å². The monoisotopic (exact) mass is 386 g/mol. The molecule has 3 nitrogen and oxygen atoms in total. The van der Waals surface area contributed by atoms with Crippen LogP contribution in [0.25, 0.3) is 21.3 Å². The summed E-state index contributed by atoms with van der Waals surface area (Å²) in [6.07, 6.45) is 1.45. The standard InChI is InChI=1S/C22H27FN2OS/c1-6-16-18(14-8-10-15(11-9-14)22(3,4)5)19-20(27-16)24-17(7-2)25(13-12-23)21(19)26/h8-11H,6-7,12-13H2,1-5H3. The van der Waals surface area contributed by atoms with Gasteiger partial charge in [0.1, 0.15) is 17.3 Å². The molecular weight excluding hydrogens is 359 g/mol. The summed E-state index contributed by atoms with van der Waals surface area (Å²) in [7, 11) is 0. The van der Waals surface area contributed by atoms with Gasteiger partial charge in [0, 0.05) is 16.9 Å². The van der Waals surface area contributed by atoms with E-state index in [1.807, 2.05) is 6.92 Å². The molecule has 0 aliphatic carbocycles. The topological polar surface area (TPSA) is 34.9 Å². The Morgan fingerprint density at radius 2 is 1.78 bits per heavy atom. The molecule has 0 N–H and O–H groups in total.